The van der Waals surface area contributed by atoms with Crippen LogP contribution in [0.25, 0.3) is 0 Å². The molecule has 2 heterocycles. The molecule has 2 aliphatic heterocycles. The number of benzene rings is 1. The third-order valence-corrected chi connectivity index (χ3v) is 5.33. The van der Waals surface area contributed by atoms with Crippen molar-refractivity contribution in [3.05, 3.63) is 34.9 Å². The lowest BCUT2D eigenvalue weighted by atomic mass is 9.82. The average Bonchev–Trinajstić information content (AvgIpc) is 3.05. The summed E-state index contributed by atoms with van der Waals surface area (Å²) in [6, 6.07) is 7.05. The van der Waals surface area contributed by atoms with Gasteiger partial charge in [-0.1, -0.05) is 32.0 Å². The summed E-state index contributed by atoms with van der Waals surface area (Å²) in [5.74, 6) is 0. The smallest absolute Gasteiger partial charge is 0.0234 e. The molecule has 0 radical (unpaired) electrons. The summed E-state index contributed by atoms with van der Waals surface area (Å²) >= 11 is 0. The molecule has 0 saturated carbocycles. The van der Waals surface area contributed by atoms with Crippen LogP contribution >= 0.6 is 0 Å². The van der Waals surface area contributed by atoms with Gasteiger partial charge in [0.2, 0.25) is 0 Å². The van der Waals surface area contributed by atoms with Gasteiger partial charge in [0.05, 0.1) is 0 Å². The minimum atomic E-state index is 0.596. The molecule has 0 bridgehead atoms. The molecule has 3 rings (SSSR count). The molecule has 19 heavy (non-hydrogen) atoms. The third kappa shape index (κ3) is 2.56. The maximum atomic E-state index is 3.43. The Morgan fingerprint density at radius 1 is 1.16 bits per heavy atom. The largest absolute Gasteiger partial charge is 0.309 e. The molecule has 1 aromatic carbocycles. The SMILES string of the molecule is CCC1(CC)CCN(Cc2ccc3c(c2)CNC3)C1. The first kappa shape index (κ1) is 13.1. The summed E-state index contributed by atoms with van der Waals surface area (Å²) < 4.78 is 0. The molecule has 2 aliphatic rings. The highest BCUT2D eigenvalue weighted by Crippen LogP contribution is 2.37. The molecule has 1 N–H and O–H groups in total. The molecule has 1 aromatic rings. The summed E-state index contributed by atoms with van der Waals surface area (Å²) in [5.41, 5.74) is 5.08. The molecule has 0 aromatic heterocycles. The van der Waals surface area contributed by atoms with Gasteiger partial charge in [0.1, 0.15) is 0 Å². The van der Waals surface area contributed by atoms with E-state index in [0.717, 1.165) is 19.6 Å². The fraction of sp³-hybridized carbons (Fsp3) is 0.647. The fourth-order valence-corrected chi connectivity index (χ4v) is 3.69. The first-order chi connectivity index (χ1) is 9.24. The van der Waals surface area contributed by atoms with Crippen LogP contribution in [0.15, 0.2) is 18.2 Å². The van der Waals surface area contributed by atoms with E-state index in [2.05, 4.69) is 42.3 Å². The molecule has 0 aliphatic carbocycles. The van der Waals surface area contributed by atoms with Crippen molar-refractivity contribution in [1.29, 1.82) is 0 Å². The Kier molecular flexibility index (Phi) is 3.64. The maximum absolute atomic E-state index is 3.43. The van der Waals surface area contributed by atoms with Gasteiger partial charge in [-0.2, -0.15) is 0 Å². The van der Waals surface area contributed by atoms with Gasteiger partial charge in [-0.05, 0) is 47.9 Å². The van der Waals surface area contributed by atoms with E-state index in [1.54, 1.807) is 0 Å². The normalized spacial score (nSPS) is 21.8. The van der Waals surface area contributed by atoms with Gasteiger partial charge in [0, 0.05) is 26.2 Å². The van der Waals surface area contributed by atoms with Crippen molar-refractivity contribution in [2.24, 2.45) is 5.41 Å². The monoisotopic (exact) mass is 258 g/mol. The summed E-state index contributed by atoms with van der Waals surface area (Å²) in [6.07, 6.45) is 4.04. The molecule has 0 amide bonds. The van der Waals surface area contributed by atoms with Gasteiger partial charge in [-0.3, -0.25) is 4.90 Å². The van der Waals surface area contributed by atoms with Crippen LogP contribution in [0.2, 0.25) is 0 Å². The molecule has 2 nitrogen and oxygen atoms in total. The van der Waals surface area contributed by atoms with Crippen LogP contribution < -0.4 is 5.32 Å². The summed E-state index contributed by atoms with van der Waals surface area (Å²) in [4.78, 5) is 2.65. The lowest BCUT2D eigenvalue weighted by Gasteiger charge is -2.26. The number of nitrogens with zero attached hydrogens (tertiary/aromatic N) is 1. The van der Waals surface area contributed by atoms with E-state index in [1.807, 2.05) is 0 Å². The number of fused-ring (bicyclic) bond motifs is 1. The molecule has 2 heteroatoms. The lowest BCUT2D eigenvalue weighted by molar-refractivity contribution is 0.236. The van der Waals surface area contributed by atoms with Crippen molar-refractivity contribution in [2.45, 2.75) is 52.7 Å². The third-order valence-electron chi connectivity index (χ3n) is 5.33. The summed E-state index contributed by atoms with van der Waals surface area (Å²) in [6.45, 7) is 10.5. The Morgan fingerprint density at radius 2 is 1.95 bits per heavy atom. The van der Waals surface area contributed by atoms with Gasteiger partial charge in [0.15, 0.2) is 0 Å². The number of hydrogen-bond acceptors (Lipinski definition) is 2. The van der Waals surface area contributed by atoms with E-state index in [-0.39, 0.29) is 0 Å². The zero-order valence-corrected chi connectivity index (χ0v) is 12.3. The Hall–Kier alpha value is -0.860. The predicted octanol–water partition coefficient (Wildman–Crippen LogP) is 3.30. The van der Waals surface area contributed by atoms with Gasteiger partial charge < -0.3 is 5.32 Å². The molecule has 0 unspecified atom stereocenters. The van der Waals surface area contributed by atoms with Crippen LogP contribution in [0.1, 0.15) is 49.8 Å². The Bertz CT molecular complexity index is 449. The van der Waals surface area contributed by atoms with Crippen molar-refractivity contribution in [2.75, 3.05) is 13.1 Å². The number of hydrogen-bond donors (Lipinski definition) is 1. The highest BCUT2D eigenvalue weighted by Gasteiger charge is 2.34. The summed E-state index contributed by atoms with van der Waals surface area (Å²) in [5, 5.41) is 3.43. The van der Waals surface area contributed by atoms with Crippen LogP contribution in [0.4, 0.5) is 0 Å². The molecular formula is C17H26N2. The first-order valence-electron chi connectivity index (χ1n) is 7.78. The van der Waals surface area contributed by atoms with E-state index in [9.17, 15) is 0 Å². The van der Waals surface area contributed by atoms with Gasteiger partial charge >= 0.3 is 0 Å². The fourth-order valence-electron chi connectivity index (χ4n) is 3.69. The highest BCUT2D eigenvalue weighted by molar-refractivity contribution is 5.34. The van der Waals surface area contributed by atoms with Crippen molar-refractivity contribution in [1.82, 2.24) is 10.2 Å². The quantitative estimate of drug-likeness (QED) is 0.891. The second-order valence-electron chi connectivity index (χ2n) is 6.37. The predicted molar refractivity (Wildman–Crippen MR) is 79.9 cm³/mol. The standard InChI is InChI=1S/C17H26N2/c1-3-17(4-2)7-8-19(13-17)12-14-5-6-15-10-18-11-16(15)9-14/h5-6,9,18H,3-4,7-8,10-13H2,1-2H3. The van der Waals surface area contributed by atoms with Crippen LogP contribution in [0, 0.1) is 5.41 Å². The zero-order chi connectivity index (χ0) is 13.3. The molecule has 0 spiro atoms. The molecular weight excluding hydrogens is 232 g/mol. The number of likely N-dealkylation sites (tertiary alicyclic amines) is 1. The van der Waals surface area contributed by atoms with E-state index < -0.39 is 0 Å². The van der Waals surface area contributed by atoms with Crippen LogP contribution in [-0.2, 0) is 19.6 Å². The van der Waals surface area contributed by atoms with Gasteiger partial charge in [-0.25, -0.2) is 0 Å². The maximum Gasteiger partial charge on any atom is 0.0234 e. The second kappa shape index (κ2) is 5.26. The topological polar surface area (TPSA) is 15.3 Å². The van der Waals surface area contributed by atoms with E-state index in [0.29, 0.717) is 5.41 Å². The Balaban J connectivity index is 1.66. The van der Waals surface area contributed by atoms with Crippen molar-refractivity contribution < 1.29 is 0 Å². The van der Waals surface area contributed by atoms with Crippen LogP contribution in [0.5, 0.6) is 0 Å². The van der Waals surface area contributed by atoms with Crippen LogP contribution in [-0.4, -0.2) is 18.0 Å². The Morgan fingerprint density at radius 3 is 2.68 bits per heavy atom. The second-order valence-corrected chi connectivity index (χ2v) is 6.37. The molecule has 1 saturated heterocycles. The van der Waals surface area contributed by atoms with Crippen molar-refractivity contribution >= 4 is 0 Å². The lowest BCUT2D eigenvalue weighted by Crippen LogP contribution is -2.26. The van der Waals surface area contributed by atoms with E-state index in [4.69, 9.17) is 0 Å². The van der Waals surface area contributed by atoms with Gasteiger partial charge in [-0.15, -0.1) is 0 Å². The van der Waals surface area contributed by atoms with Crippen molar-refractivity contribution in [3.63, 3.8) is 0 Å². The number of rotatable bonds is 4. The average molecular weight is 258 g/mol. The molecule has 104 valence electrons. The molecule has 1 fully saturated rings. The minimum absolute atomic E-state index is 0.596. The van der Waals surface area contributed by atoms with E-state index in [1.165, 1.54) is 49.0 Å². The first-order valence-corrected chi connectivity index (χ1v) is 7.78. The van der Waals surface area contributed by atoms with Gasteiger partial charge in [0.25, 0.3) is 0 Å². The summed E-state index contributed by atoms with van der Waals surface area (Å²) in [7, 11) is 0. The van der Waals surface area contributed by atoms with Crippen molar-refractivity contribution in [3.8, 4) is 0 Å². The minimum Gasteiger partial charge on any atom is -0.309 e. The number of nitrogens with one attached hydrogen (secondary N) is 1. The zero-order valence-electron chi connectivity index (χ0n) is 12.3. The van der Waals surface area contributed by atoms with Crippen LogP contribution in [0.3, 0.4) is 0 Å². The molecule has 0 atom stereocenters. The Labute approximate surface area is 117 Å². The highest BCUT2D eigenvalue weighted by atomic mass is 15.2. The van der Waals surface area contributed by atoms with E-state index >= 15 is 0 Å².